The van der Waals surface area contributed by atoms with Crippen LogP contribution in [0, 0.1) is 0 Å². The van der Waals surface area contributed by atoms with Crippen molar-refractivity contribution in [2.75, 3.05) is 31.6 Å². The third-order valence-electron chi connectivity index (χ3n) is 4.86. The highest BCUT2D eigenvalue weighted by Crippen LogP contribution is 2.21. The number of aliphatic imine (C=N–C) groups is 1. The molecule has 4 rings (SSSR count). The average molecular weight is 479 g/mol. The van der Waals surface area contributed by atoms with Gasteiger partial charge < -0.3 is 34.3 Å². The van der Waals surface area contributed by atoms with Crippen molar-refractivity contribution in [3.63, 3.8) is 0 Å². The molecule has 1 saturated heterocycles. The monoisotopic (exact) mass is 479 g/mol. The van der Waals surface area contributed by atoms with Crippen LogP contribution in [0.25, 0.3) is 11.7 Å². The van der Waals surface area contributed by atoms with E-state index in [1.54, 1.807) is 18.2 Å². The summed E-state index contributed by atoms with van der Waals surface area (Å²) in [6, 6.07) is 9.98. The van der Waals surface area contributed by atoms with Crippen molar-refractivity contribution in [3.05, 3.63) is 72.9 Å². The number of carbonyl (C=O) groups excluding carboxylic acids is 1. The molecular weight excluding hydrogens is 454 g/mol. The van der Waals surface area contributed by atoms with Gasteiger partial charge in [0.15, 0.2) is 5.76 Å². The molecule has 3 heterocycles. The van der Waals surface area contributed by atoms with Crippen LogP contribution in [0.2, 0.25) is 0 Å². The molecule has 2 amide bonds. The Bertz CT molecular complexity index is 1200. The smallest absolute Gasteiger partial charge is 0.324 e. The number of nitrogens with one attached hydrogen (secondary N) is 2. The first-order valence-corrected chi connectivity index (χ1v) is 10.8. The molecule has 182 valence electrons. The Morgan fingerprint density at radius 2 is 2.06 bits per heavy atom. The first-order chi connectivity index (χ1) is 17.1. The zero-order valence-corrected chi connectivity index (χ0v) is 18.8. The Hall–Kier alpha value is -4.58. The molecule has 4 N–H and O–H groups in total. The number of carbonyl (C=O) groups is 1. The van der Waals surface area contributed by atoms with Gasteiger partial charge in [0.05, 0.1) is 19.5 Å². The van der Waals surface area contributed by atoms with Crippen LogP contribution in [-0.2, 0) is 11.3 Å². The molecule has 1 aliphatic rings. The number of ether oxygens (including phenoxy) is 2. The number of hydrogen-bond acceptors (Lipinski definition) is 10. The molecule has 3 aromatic rings. The summed E-state index contributed by atoms with van der Waals surface area (Å²) in [5, 5.41) is 12.8. The van der Waals surface area contributed by atoms with Crippen molar-refractivity contribution >= 4 is 17.9 Å². The van der Waals surface area contributed by atoms with Gasteiger partial charge in [0.1, 0.15) is 11.6 Å². The van der Waals surface area contributed by atoms with E-state index in [1.165, 1.54) is 18.5 Å². The third-order valence-corrected chi connectivity index (χ3v) is 4.86. The van der Waals surface area contributed by atoms with Gasteiger partial charge in [-0.1, -0.05) is 29.9 Å². The van der Waals surface area contributed by atoms with E-state index in [-0.39, 0.29) is 24.3 Å². The summed E-state index contributed by atoms with van der Waals surface area (Å²) in [7, 11) is 0. The Morgan fingerprint density at radius 1 is 1.23 bits per heavy atom. The first-order valence-electron chi connectivity index (χ1n) is 10.8. The van der Waals surface area contributed by atoms with E-state index < -0.39 is 6.03 Å². The molecule has 1 fully saturated rings. The molecular formula is C23H25N7O5. The van der Waals surface area contributed by atoms with E-state index in [0.717, 1.165) is 0 Å². The number of morpholine rings is 1. The van der Waals surface area contributed by atoms with Gasteiger partial charge in [-0.15, -0.1) is 5.10 Å². The van der Waals surface area contributed by atoms with Gasteiger partial charge >= 0.3 is 12.0 Å². The van der Waals surface area contributed by atoms with Crippen molar-refractivity contribution in [1.82, 2.24) is 20.4 Å². The van der Waals surface area contributed by atoms with Crippen LogP contribution in [0.1, 0.15) is 5.56 Å². The predicted molar refractivity (Wildman–Crippen MR) is 127 cm³/mol. The molecule has 0 saturated carbocycles. The van der Waals surface area contributed by atoms with Gasteiger partial charge in [0.25, 0.3) is 5.89 Å². The summed E-state index contributed by atoms with van der Waals surface area (Å²) in [5.41, 5.74) is 6.29. The van der Waals surface area contributed by atoms with E-state index in [0.29, 0.717) is 49.2 Å². The second kappa shape index (κ2) is 11.5. The van der Waals surface area contributed by atoms with Crippen molar-refractivity contribution in [1.29, 1.82) is 0 Å². The lowest BCUT2D eigenvalue weighted by atomic mass is 10.2. The second-order valence-corrected chi connectivity index (χ2v) is 7.23. The fraction of sp³-hybridized carbons (Fsp3) is 0.217. The van der Waals surface area contributed by atoms with Crippen LogP contribution in [0.3, 0.4) is 0 Å². The maximum absolute atomic E-state index is 12.3. The number of rotatable bonds is 8. The second-order valence-electron chi connectivity index (χ2n) is 7.23. The summed E-state index contributed by atoms with van der Waals surface area (Å²) in [5.74, 6) is 1.86. The number of hydrogen-bond donors (Lipinski definition) is 3. The molecule has 2 aromatic heterocycles. The lowest BCUT2D eigenvalue weighted by Gasteiger charge is -2.28. The van der Waals surface area contributed by atoms with Gasteiger partial charge in [0.2, 0.25) is 5.90 Å². The van der Waals surface area contributed by atoms with E-state index in [2.05, 4.69) is 32.4 Å². The van der Waals surface area contributed by atoms with Gasteiger partial charge in [0, 0.05) is 31.3 Å². The van der Waals surface area contributed by atoms with Gasteiger partial charge in [-0.05, 0) is 24.4 Å². The molecule has 0 spiro atoms. The fourth-order valence-corrected chi connectivity index (χ4v) is 3.15. The van der Waals surface area contributed by atoms with Crippen molar-refractivity contribution < 1.29 is 23.1 Å². The summed E-state index contributed by atoms with van der Waals surface area (Å²) in [6.07, 6.45) is 4.35. The number of urea groups is 1. The topological polar surface area (TPSA) is 153 Å². The zero-order chi connectivity index (χ0) is 24.5. The van der Waals surface area contributed by atoms with E-state index in [9.17, 15) is 4.79 Å². The minimum Gasteiger partial charge on any atom is -0.459 e. The number of benzene rings is 1. The molecule has 1 aliphatic heterocycles. The van der Waals surface area contributed by atoms with E-state index in [4.69, 9.17) is 24.0 Å². The van der Waals surface area contributed by atoms with Gasteiger partial charge in [-0.3, -0.25) is 5.32 Å². The van der Waals surface area contributed by atoms with Crippen LogP contribution < -0.4 is 21.1 Å². The lowest BCUT2D eigenvalue weighted by molar-refractivity contribution is 0.0533. The minimum absolute atomic E-state index is 0.0671. The maximum Gasteiger partial charge on any atom is 0.324 e. The normalized spacial score (nSPS) is 14.2. The SMILES string of the molecule is C=C(N=C(/C=C\N)Oc1ccccc1CNC(=O)Nc1nnc(-c2ccco2)o1)N1CCOCC1. The van der Waals surface area contributed by atoms with Crippen LogP contribution in [-0.4, -0.2) is 53.3 Å². The molecule has 1 aromatic carbocycles. The van der Waals surface area contributed by atoms with Gasteiger partial charge in [-0.2, -0.15) is 4.99 Å². The van der Waals surface area contributed by atoms with Crippen LogP contribution in [0.5, 0.6) is 5.75 Å². The first kappa shape index (κ1) is 23.6. The largest absolute Gasteiger partial charge is 0.459 e. The van der Waals surface area contributed by atoms with Crippen LogP contribution >= 0.6 is 0 Å². The third kappa shape index (κ3) is 6.48. The molecule has 0 bridgehead atoms. The molecule has 0 unspecified atom stereocenters. The summed E-state index contributed by atoms with van der Waals surface area (Å²) < 4.78 is 21.9. The fourth-order valence-electron chi connectivity index (χ4n) is 3.15. The Labute approximate surface area is 201 Å². The van der Waals surface area contributed by atoms with Crippen molar-refractivity contribution in [2.45, 2.75) is 6.54 Å². The summed E-state index contributed by atoms with van der Waals surface area (Å²) in [4.78, 5) is 18.8. The summed E-state index contributed by atoms with van der Waals surface area (Å²) >= 11 is 0. The molecule has 35 heavy (non-hydrogen) atoms. The highest BCUT2D eigenvalue weighted by atomic mass is 16.5. The van der Waals surface area contributed by atoms with E-state index in [1.807, 2.05) is 23.1 Å². The lowest BCUT2D eigenvalue weighted by Crippen LogP contribution is -2.35. The Morgan fingerprint density at radius 3 is 2.83 bits per heavy atom. The quantitative estimate of drug-likeness (QED) is 0.327. The summed E-state index contributed by atoms with van der Waals surface area (Å²) in [6.45, 7) is 6.79. The predicted octanol–water partition coefficient (Wildman–Crippen LogP) is 2.70. The van der Waals surface area contributed by atoms with Crippen LogP contribution in [0.15, 0.2) is 81.2 Å². The molecule has 12 nitrogen and oxygen atoms in total. The standard InChI is InChI=1S/C23H25N7O5/c1-16(30-10-13-32-14-11-30)26-20(8-9-24)34-18-6-3-2-5-17(18)15-25-22(31)27-23-29-28-21(35-23)19-7-4-12-33-19/h2-9,12H,1,10-11,13-15,24H2,(H2,25,27,29,31)/b9-8-,26-20?. The average Bonchev–Trinajstić information content (AvgIpc) is 3.56. The van der Waals surface area contributed by atoms with E-state index >= 15 is 0 Å². The zero-order valence-electron chi connectivity index (χ0n) is 18.8. The molecule has 0 atom stereocenters. The molecule has 12 heteroatoms. The number of nitrogens with two attached hydrogens (primary N) is 1. The highest BCUT2D eigenvalue weighted by Gasteiger charge is 2.15. The number of aromatic nitrogens is 2. The number of para-hydroxylation sites is 1. The number of nitrogens with zero attached hydrogens (tertiary/aromatic N) is 4. The number of amides is 2. The Kier molecular flexibility index (Phi) is 7.76. The molecule has 0 aliphatic carbocycles. The number of anilines is 1. The highest BCUT2D eigenvalue weighted by molar-refractivity contribution is 5.90. The van der Waals surface area contributed by atoms with Crippen LogP contribution in [0.4, 0.5) is 10.8 Å². The molecule has 0 radical (unpaired) electrons. The van der Waals surface area contributed by atoms with Crippen molar-refractivity contribution in [3.8, 4) is 17.4 Å². The minimum atomic E-state index is -0.536. The van der Waals surface area contributed by atoms with Gasteiger partial charge in [-0.25, -0.2) is 4.79 Å². The Balaban J connectivity index is 1.37. The number of furan rings is 1. The van der Waals surface area contributed by atoms with Crippen molar-refractivity contribution in [2.24, 2.45) is 10.7 Å². The maximum atomic E-state index is 12.3.